The van der Waals surface area contributed by atoms with Crippen molar-refractivity contribution in [3.63, 3.8) is 0 Å². The molecule has 0 spiro atoms. The maximum absolute atomic E-state index is 12.3. The Kier molecular flexibility index (Phi) is 4.88. The van der Waals surface area contributed by atoms with Crippen LogP contribution in [0, 0.1) is 5.92 Å². The Morgan fingerprint density at radius 2 is 2.12 bits per heavy atom. The minimum atomic E-state index is -4.72. The lowest BCUT2D eigenvalue weighted by molar-refractivity contribution is -0.188. The summed E-state index contributed by atoms with van der Waals surface area (Å²) in [5, 5.41) is 8.50. The monoisotopic (exact) mass is 328 g/mol. The Morgan fingerprint density at radius 1 is 1.47 bits per heavy atom. The maximum Gasteiger partial charge on any atom is 0.403 e. The molecule has 1 aromatic rings. The summed E-state index contributed by atoms with van der Waals surface area (Å²) in [7, 11) is 0. The number of carboxylic acids is 1. The largest absolute Gasteiger partial charge is 0.481 e. The van der Waals surface area contributed by atoms with Crippen LogP contribution in [0.3, 0.4) is 0 Å². The summed E-state index contributed by atoms with van der Waals surface area (Å²) in [6, 6.07) is 6.68. The van der Waals surface area contributed by atoms with Crippen LogP contribution < -0.4 is 0 Å². The topological polar surface area (TPSA) is 37.3 Å². The van der Waals surface area contributed by atoms with E-state index >= 15 is 0 Å². The van der Waals surface area contributed by atoms with Crippen molar-refractivity contribution in [1.29, 1.82) is 0 Å². The number of alkyl halides is 3. The minimum absolute atomic E-state index is 0.532. The quantitative estimate of drug-likeness (QED) is 0.854. The molecule has 0 aliphatic heterocycles. The van der Waals surface area contributed by atoms with Crippen molar-refractivity contribution < 1.29 is 23.1 Å². The highest BCUT2D eigenvalue weighted by atomic mass is 79.9. The Balaban J connectivity index is 2.68. The van der Waals surface area contributed by atoms with Gasteiger partial charge in [-0.25, -0.2) is 0 Å². The first-order valence-corrected chi connectivity index (χ1v) is 6.26. The van der Waals surface area contributed by atoms with Crippen molar-refractivity contribution in [2.75, 3.05) is 5.75 Å². The standard InChI is InChI=1S/C10H8BrF3O2S/c11-6-2-1-3-7(4-6)17-5-8(9(15)16)10(12,13)14/h1-4,8H,5H2,(H,15,16). The van der Waals surface area contributed by atoms with Crippen LogP contribution in [0.15, 0.2) is 33.6 Å². The number of aliphatic carboxylic acids is 1. The van der Waals surface area contributed by atoms with Crippen molar-refractivity contribution in [3.05, 3.63) is 28.7 Å². The molecule has 1 aromatic carbocycles. The third-order valence-corrected chi connectivity index (χ3v) is 3.49. The lowest BCUT2D eigenvalue weighted by atomic mass is 10.2. The fourth-order valence-corrected chi connectivity index (χ4v) is 2.67. The summed E-state index contributed by atoms with van der Waals surface area (Å²) in [5.41, 5.74) is 0. The van der Waals surface area contributed by atoms with E-state index in [1.807, 2.05) is 0 Å². The second kappa shape index (κ2) is 5.77. The van der Waals surface area contributed by atoms with Crippen LogP contribution >= 0.6 is 27.7 Å². The molecule has 0 saturated heterocycles. The average Bonchev–Trinajstić information content (AvgIpc) is 2.15. The second-order valence-electron chi connectivity index (χ2n) is 3.20. The van der Waals surface area contributed by atoms with Gasteiger partial charge in [-0.2, -0.15) is 13.2 Å². The molecule has 17 heavy (non-hydrogen) atoms. The van der Waals surface area contributed by atoms with E-state index in [9.17, 15) is 18.0 Å². The molecule has 0 aromatic heterocycles. The third kappa shape index (κ3) is 4.59. The number of rotatable bonds is 4. The molecule has 0 bridgehead atoms. The molecule has 1 rings (SSSR count). The molecular weight excluding hydrogens is 321 g/mol. The van der Waals surface area contributed by atoms with Gasteiger partial charge in [0.05, 0.1) is 0 Å². The van der Waals surface area contributed by atoms with E-state index in [4.69, 9.17) is 5.11 Å². The van der Waals surface area contributed by atoms with Crippen molar-refractivity contribution >= 4 is 33.7 Å². The van der Waals surface area contributed by atoms with Crippen molar-refractivity contribution in [2.24, 2.45) is 5.92 Å². The Labute approximate surface area is 108 Å². The first-order chi connectivity index (χ1) is 7.80. The second-order valence-corrected chi connectivity index (χ2v) is 5.21. The molecule has 0 radical (unpaired) electrons. The van der Waals surface area contributed by atoms with Gasteiger partial charge in [0.15, 0.2) is 5.92 Å². The molecule has 2 nitrogen and oxygen atoms in total. The molecule has 0 fully saturated rings. The van der Waals surface area contributed by atoms with Gasteiger partial charge in [-0.1, -0.05) is 22.0 Å². The Morgan fingerprint density at radius 3 is 2.59 bits per heavy atom. The van der Waals surface area contributed by atoms with E-state index in [2.05, 4.69) is 15.9 Å². The van der Waals surface area contributed by atoms with Crippen molar-refractivity contribution in [3.8, 4) is 0 Å². The van der Waals surface area contributed by atoms with Crippen LogP contribution in [-0.2, 0) is 4.79 Å². The molecule has 7 heteroatoms. The number of hydrogen-bond donors (Lipinski definition) is 1. The van der Waals surface area contributed by atoms with E-state index < -0.39 is 23.8 Å². The first-order valence-electron chi connectivity index (χ1n) is 4.48. The zero-order valence-electron chi connectivity index (χ0n) is 8.37. The Bertz CT molecular complexity index is 409. The van der Waals surface area contributed by atoms with Crippen LogP contribution in [0.25, 0.3) is 0 Å². The predicted octanol–water partition coefficient (Wildman–Crippen LogP) is 3.80. The number of carboxylic acid groups (broad SMARTS) is 1. The van der Waals surface area contributed by atoms with Crippen LogP contribution in [-0.4, -0.2) is 23.0 Å². The van der Waals surface area contributed by atoms with Crippen LogP contribution in [0.5, 0.6) is 0 Å². The van der Waals surface area contributed by atoms with E-state index in [1.165, 1.54) is 0 Å². The number of benzene rings is 1. The van der Waals surface area contributed by atoms with Gasteiger partial charge < -0.3 is 5.11 Å². The fraction of sp³-hybridized carbons (Fsp3) is 0.300. The summed E-state index contributed by atoms with van der Waals surface area (Å²) >= 11 is 4.05. The lowest BCUT2D eigenvalue weighted by Crippen LogP contribution is -2.32. The number of carbonyl (C=O) groups is 1. The highest BCUT2D eigenvalue weighted by Gasteiger charge is 2.44. The molecule has 1 atom stereocenters. The summed E-state index contributed by atoms with van der Waals surface area (Å²) in [5.74, 6) is -4.72. The van der Waals surface area contributed by atoms with Crippen molar-refractivity contribution in [2.45, 2.75) is 11.1 Å². The number of thioether (sulfide) groups is 1. The molecule has 94 valence electrons. The maximum atomic E-state index is 12.3. The van der Waals surface area contributed by atoms with Gasteiger partial charge in [-0.15, -0.1) is 11.8 Å². The summed E-state index contributed by atoms with van der Waals surface area (Å²) in [6.07, 6.45) is -4.72. The molecule has 0 heterocycles. The van der Waals surface area contributed by atoms with E-state index in [0.717, 1.165) is 16.2 Å². The van der Waals surface area contributed by atoms with Gasteiger partial charge in [-0.05, 0) is 18.2 Å². The molecule has 0 aliphatic rings. The highest BCUT2D eigenvalue weighted by molar-refractivity contribution is 9.10. The normalized spacial score (nSPS) is 13.4. The molecule has 1 unspecified atom stereocenters. The van der Waals surface area contributed by atoms with Crippen molar-refractivity contribution in [1.82, 2.24) is 0 Å². The fourth-order valence-electron chi connectivity index (χ4n) is 1.04. The van der Waals surface area contributed by atoms with E-state index in [0.29, 0.717) is 4.90 Å². The van der Waals surface area contributed by atoms with Gasteiger partial charge in [-0.3, -0.25) is 4.79 Å². The van der Waals surface area contributed by atoms with Crippen LogP contribution in [0.2, 0.25) is 0 Å². The van der Waals surface area contributed by atoms with Gasteiger partial charge in [0, 0.05) is 15.1 Å². The zero-order chi connectivity index (χ0) is 13.1. The average molecular weight is 329 g/mol. The molecular formula is C10H8BrF3O2S. The SMILES string of the molecule is O=C(O)C(CSc1cccc(Br)c1)C(F)(F)F. The highest BCUT2D eigenvalue weighted by Crippen LogP contribution is 2.32. The van der Waals surface area contributed by atoms with Crippen LogP contribution in [0.4, 0.5) is 13.2 Å². The predicted molar refractivity (Wildman–Crippen MR) is 62.0 cm³/mol. The molecule has 1 N–H and O–H groups in total. The van der Waals surface area contributed by atoms with Gasteiger partial charge >= 0.3 is 12.1 Å². The molecule has 0 amide bonds. The summed E-state index contributed by atoms with van der Waals surface area (Å²) in [4.78, 5) is 11.1. The van der Waals surface area contributed by atoms with E-state index in [-0.39, 0.29) is 0 Å². The van der Waals surface area contributed by atoms with Crippen LogP contribution in [0.1, 0.15) is 0 Å². The molecule has 0 aliphatic carbocycles. The first kappa shape index (κ1) is 14.4. The zero-order valence-corrected chi connectivity index (χ0v) is 10.8. The van der Waals surface area contributed by atoms with Gasteiger partial charge in [0.25, 0.3) is 0 Å². The Hall–Kier alpha value is -0.690. The summed E-state index contributed by atoms with van der Waals surface area (Å²) < 4.78 is 37.8. The van der Waals surface area contributed by atoms with Gasteiger partial charge in [0.1, 0.15) is 0 Å². The smallest absolute Gasteiger partial charge is 0.403 e. The number of hydrogen-bond acceptors (Lipinski definition) is 2. The molecule has 0 saturated carbocycles. The van der Waals surface area contributed by atoms with Gasteiger partial charge in [0.2, 0.25) is 0 Å². The lowest BCUT2D eigenvalue weighted by Gasteiger charge is -2.15. The number of halogens is 4. The summed E-state index contributed by atoms with van der Waals surface area (Å²) in [6.45, 7) is 0. The minimum Gasteiger partial charge on any atom is -0.481 e. The van der Waals surface area contributed by atoms with E-state index in [1.54, 1.807) is 24.3 Å². The third-order valence-electron chi connectivity index (χ3n) is 1.91.